The van der Waals surface area contributed by atoms with Crippen molar-refractivity contribution >= 4 is 46.8 Å². The van der Waals surface area contributed by atoms with Crippen LogP contribution >= 0.6 is 24.0 Å². The average Bonchev–Trinajstić information content (AvgIpc) is 3.25. The molecule has 0 unspecified atom stereocenters. The number of nitrogens with one attached hydrogen (secondary N) is 1. The summed E-state index contributed by atoms with van der Waals surface area (Å²) in [5, 5.41) is 16.1. The minimum Gasteiger partial charge on any atom is -1.00 e. The summed E-state index contributed by atoms with van der Waals surface area (Å²) in [4.78, 5) is 6.75. The molecule has 5 nitrogen and oxygen atoms in total. The van der Waals surface area contributed by atoms with Gasteiger partial charge in [0.1, 0.15) is 0 Å². The highest BCUT2D eigenvalue weighted by molar-refractivity contribution is 6.31. The molecule has 1 aliphatic carbocycles. The molecule has 1 aliphatic heterocycles. The molecule has 0 radical (unpaired) electrons. The molecule has 6 rings (SSSR count). The second-order valence-corrected chi connectivity index (χ2v) is 11.2. The third kappa shape index (κ3) is 8.30. The van der Waals surface area contributed by atoms with E-state index in [1.165, 1.54) is 27.8 Å². The summed E-state index contributed by atoms with van der Waals surface area (Å²) in [5.74, 6) is 0.625. The first-order chi connectivity index (χ1) is 20.4. The van der Waals surface area contributed by atoms with Crippen LogP contribution in [0.1, 0.15) is 41.2 Å². The van der Waals surface area contributed by atoms with E-state index in [1.807, 2.05) is 36.4 Å². The standard InChI is InChI=1S/C20H23N.C16H14ClN3O.2ClH/c1-21(2)15-7-12-20-18-10-5-3-8-16(18)13-14-17-9-4-6-11-19(17)20;1-18-15-10-20(21)16(11-5-3-2-4-6-11)13-9-12(17)7-8-14(13)19-15;;/h3-6,8-12H,7,13-15H2,1-2H3;2-9H,10H2,1H3,(H,18,19);2*1H. The Kier molecular flexibility index (Phi) is 13.0. The number of aliphatic imine (C=N–C) groups is 1. The van der Waals surface area contributed by atoms with Crippen molar-refractivity contribution in [3.8, 4) is 0 Å². The number of fused-ring (bicyclic) bond motifs is 3. The lowest BCUT2D eigenvalue weighted by Crippen LogP contribution is -3.00. The van der Waals surface area contributed by atoms with E-state index >= 15 is 0 Å². The molecular formula is C36H39Cl3N4O. The minimum absolute atomic E-state index is 0. The maximum absolute atomic E-state index is 12.6. The van der Waals surface area contributed by atoms with Gasteiger partial charge < -0.3 is 27.8 Å². The summed E-state index contributed by atoms with van der Waals surface area (Å²) in [6.45, 7) is 1.26. The average molecular weight is 650 g/mol. The van der Waals surface area contributed by atoms with Crippen LogP contribution in [0.4, 0.5) is 5.69 Å². The van der Waals surface area contributed by atoms with Crippen LogP contribution in [-0.4, -0.2) is 55.4 Å². The van der Waals surface area contributed by atoms with Crippen molar-refractivity contribution in [1.82, 2.24) is 10.2 Å². The maximum atomic E-state index is 12.6. The minimum atomic E-state index is 0. The first-order valence-electron chi connectivity index (χ1n) is 14.4. The first-order valence-corrected chi connectivity index (χ1v) is 14.8. The maximum Gasteiger partial charge on any atom is 1.00 e. The Labute approximate surface area is 279 Å². The third-order valence-corrected chi connectivity index (χ3v) is 7.79. The highest BCUT2D eigenvalue weighted by Gasteiger charge is 2.24. The number of amidine groups is 1. The highest BCUT2D eigenvalue weighted by Crippen LogP contribution is 2.33. The smallest absolute Gasteiger partial charge is 1.00 e. The molecule has 0 saturated heterocycles. The van der Waals surface area contributed by atoms with Crippen molar-refractivity contribution in [2.75, 3.05) is 34.2 Å². The van der Waals surface area contributed by atoms with Crippen LogP contribution < -0.4 is 17.7 Å². The molecule has 230 valence electrons. The summed E-state index contributed by atoms with van der Waals surface area (Å²) in [5.41, 5.74) is 10.1. The van der Waals surface area contributed by atoms with Crippen molar-refractivity contribution in [2.45, 2.75) is 19.3 Å². The van der Waals surface area contributed by atoms with Crippen LogP contribution in [-0.2, 0) is 12.8 Å². The number of likely N-dealkylation sites (N-methyl/N-ethyl adjacent to an activating group) is 1. The van der Waals surface area contributed by atoms with E-state index in [-0.39, 0.29) is 32.8 Å². The van der Waals surface area contributed by atoms with Gasteiger partial charge in [0.15, 0.2) is 5.84 Å². The Morgan fingerprint density at radius 3 is 2.07 bits per heavy atom. The van der Waals surface area contributed by atoms with Crippen molar-refractivity contribution in [3.05, 3.63) is 147 Å². The van der Waals surface area contributed by atoms with Crippen LogP contribution in [0.25, 0.3) is 5.57 Å². The molecule has 0 bridgehead atoms. The predicted molar refractivity (Wildman–Crippen MR) is 185 cm³/mol. The topological polar surface area (TPSA) is 53.7 Å². The number of halogens is 3. The molecule has 4 aromatic rings. The van der Waals surface area contributed by atoms with E-state index in [4.69, 9.17) is 11.6 Å². The number of rotatable bonds is 4. The van der Waals surface area contributed by atoms with Gasteiger partial charge in [-0.2, -0.15) is 4.74 Å². The summed E-state index contributed by atoms with van der Waals surface area (Å²) in [7, 11) is 6.02. The van der Waals surface area contributed by atoms with Gasteiger partial charge in [-0.25, -0.2) is 4.99 Å². The molecule has 8 heteroatoms. The Bertz CT molecular complexity index is 1610. The molecule has 0 saturated carbocycles. The Hall–Kier alpha value is -3.61. The Morgan fingerprint density at radius 1 is 0.886 bits per heavy atom. The monoisotopic (exact) mass is 648 g/mol. The lowest BCUT2D eigenvalue weighted by atomic mass is 9.93. The number of hydrogen-bond acceptors (Lipinski definition) is 4. The quantitative estimate of drug-likeness (QED) is 0.259. The molecule has 0 fully saturated rings. The van der Waals surface area contributed by atoms with E-state index in [2.05, 4.69) is 83.9 Å². The van der Waals surface area contributed by atoms with Crippen LogP contribution in [0.5, 0.6) is 0 Å². The fourth-order valence-corrected chi connectivity index (χ4v) is 5.63. The van der Waals surface area contributed by atoms with E-state index in [9.17, 15) is 5.21 Å². The summed E-state index contributed by atoms with van der Waals surface area (Å²) in [6, 6.07) is 32.7. The molecule has 0 spiro atoms. The fourth-order valence-electron chi connectivity index (χ4n) is 5.46. The lowest BCUT2D eigenvalue weighted by molar-refractivity contribution is -0.439. The van der Waals surface area contributed by atoms with Crippen molar-refractivity contribution in [1.29, 1.82) is 0 Å². The second-order valence-electron chi connectivity index (χ2n) is 10.7. The predicted octanol–water partition coefficient (Wildman–Crippen LogP) is 4.66. The molecule has 44 heavy (non-hydrogen) atoms. The Morgan fingerprint density at radius 2 is 1.48 bits per heavy atom. The Balaban J connectivity index is 0.000000294. The molecule has 1 N–H and O–H groups in total. The van der Waals surface area contributed by atoms with Crippen molar-refractivity contribution < 1.29 is 18.6 Å². The fraction of sp³-hybridized carbons (Fsp3) is 0.222. The van der Waals surface area contributed by atoms with Crippen LogP contribution in [0.3, 0.4) is 0 Å². The molecule has 0 aromatic heterocycles. The number of hydrogen-bond donors (Lipinski definition) is 1. The highest BCUT2D eigenvalue weighted by atomic mass is 35.5. The molecule has 4 aromatic carbocycles. The van der Waals surface area contributed by atoms with Gasteiger partial charge >= 0.3 is 1.43 Å². The van der Waals surface area contributed by atoms with Gasteiger partial charge in [-0.1, -0.05) is 84.4 Å². The molecular weight excluding hydrogens is 611 g/mol. The van der Waals surface area contributed by atoms with Crippen LogP contribution in [0, 0.1) is 5.21 Å². The zero-order chi connectivity index (χ0) is 29.5. The van der Waals surface area contributed by atoms with E-state index in [0.717, 1.165) is 47.4 Å². The van der Waals surface area contributed by atoms with Gasteiger partial charge in [0.05, 0.1) is 11.3 Å². The van der Waals surface area contributed by atoms with E-state index in [0.29, 0.717) is 16.6 Å². The zero-order valence-corrected chi connectivity index (χ0v) is 27.6. The van der Waals surface area contributed by atoms with E-state index in [1.54, 1.807) is 19.2 Å². The summed E-state index contributed by atoms with van der Waals surface area (Å²) >= 11 is 6.10. The SMILES string of the molecule is CN(C)CCC=C1c2ccccc2CCc2ccccc21.CNC1=Nc2ccc(Cl)cc2C(c2ccccc2)=[N+]([O-])C1.Cl.[Cl-].[H+]. The third-order valence-electron chi connectivity index (χ3n) is 7.55. The van der Waals surface area contributed by atoms with Crippen molar-refractivity contribution in [2.24, 2.45) is 4.99 Å². The number of aryl methyl sites for hydroxylation is 2. The first kappa shape index (κ1) is 34.9. The molecule has 1 heterocycles. The normalized spacial score (nSPS) is 13.3. The van der Waals surface area contributed by atoms with Crippen LogP contribution in [0.2, 0.25) is 5.02 Å². The zero-order valence-electron chi connectivity index (χ0n) is 26.3. The van der Waals surface area contributed by atoms with E-state index < -0.39 is 0 Å². The summed E-state index contributed by atoms with van der Waals surface area (Å²) in [6.07, 6.45) is 5.78. The molecule has 0 amide bonds. The largest absolute Gasteiger partial charge is 1.00 e. The van der Waals surface area contributed by atoms with Gasteiger partial charge in [-0.3, -0.25) is 0 Å². The number of hydroxylamine groups is 1. The lowest BCUT2D eigenvalue weighted by Gasteiger charge is -2.13. The van der Waals surface area contributed by atoms with Gasteiger partial charge in [0.25, 0.3) is 0 Å². The number of benzene rings is 4. The van der Waals surface area contributed by atoms with Gasteiger partial charge in [0, 0.05) is 24.2 Å². The number of nitrogens with zero attached hydrogens (tertiary/aromatic N) is 3. The van der Waals surface area contributed by atoms with Gasteiger partial charge in [-0.05, 0) is 91.5 Å². The van der Waals surface area contributed by atoms with Crippen LogP contribution in [0.15, 0.2) is 108 Å². The van der Waals surface area contributed by atoms with Gasteiger partial charge in [-0.15, -0.1) is 12.4 Å². The van der Waals surface area contributed by atoms with Crippen molar-refractivity contribution in [3.63, 3.8) is 0 Å². The second kappa shape index (κ2) is 16.5. The summed E-state index contributed by atoms with van der Waals surface area (Å²) < 4.78 is 0.951. The molecule has 2 aliphatic rings. The molecule has 0 atom stereocenters. The van der Waals surface area contributed by atoms with Gasteiger partial charge in [0.2, 0.25) is 12.3 Å².